The van der Waals surface area contributed by atoms with Crippen molar-refractivity contribution < 1.29 is 4.74 Å². The summed E-state index contributed by atoms with van der Waals surface area (Å²) in [5, 5.41) is 0. The van der Waals surface area contributed by atoms with Crippen molar-refractivity contribution >= 4 is 11.5 Å². The number of likely N-dealkylation sites (N-methyl/N-ethyl adjacent to an activating group) is 1. The monoisotopic (exact) mass is 226 g/mol. The molecule has 0 aliphatic carbocycles. The minimum Gasteiger partial charge on any atom is -0.391 e. The summed E-state index contributed by atoms with van der Waals surface area (Å²) in [7, 11) is 1.82. The molecule has 0 aromatic carbocycles. The molecular formula is C10H18N4O2. The summed E-state index contributed by atoms with van der Waals surface area (Å²) in [5.74, 6) is 0.483. The second kappa shape index (κ2) is 5.50. The maximum atomic E-state index is 11.2. The molecule has 90 valence electrons. The Morgan fingerprint density at radius 2 is 2.31 bits per heavy atom. The molecule has 0 aliphatic rings. The van der Waals surface area contributed by atoms with Crippen LogP contribution in [0.1, 0.15) is 13.8 Å². The average molecular weight is 226 g/mol. The van der Waals surface area contributed by atoms with Crippen molar-refractivity contribution in [3.63, 3.8) is 0 Å². The van der Waals surface area contributed by atoms with Gasteiger partial charge in [0.1, 0.15) is 5.69 Å². The first-order valence-corrected chi connectivity index (χ1v) is 5.18. The molecule has 6 nitrogen and oxygen atoms in total. The summed E-state index contributed by atoms with van der Waals surface area (Å²) in [6, 6.07) is 0. The Kier molecular flexibility index (Phi) is 4.30. The van der Waals surface area contributed by atoms with Crippen LogP contribution < -0.4 is 16.2 Å². The van der Waals surface area contributed by atoms with Gasteiger partial charge in [-0.15, -0.1) is 0 Å². The van der Waals surface area contributed by atoms with Crippen molar-refractivity contribution in [3.05, 3.63) is 16.7 Å². The molecule has 1 aromatic heterocycles. The van der Waals surface area contributed by atoms with Gasteiger partial charge < -0.3 is 20.4 Å². The second-order valence-electron chi connectivity index (χ2n) is 3.81. The molecule has 3 N–H and O–H groups in total. The van der Waals surface area contributed by atoms with Gasteiger partial charge in [0.2, 0.25) is 0 Å². The molecule has 0 fully saturated rings. The zero-order valence-corrected chi connectivity index (χ0v) is 9.86. The average Bonchev–Trinajstić information content (AvgIpc) is 2.21. The number of aromatic amines is 1. The lowest BCUT2D eigenvalue weighted by Crippen LogP contribution is -2.28. The molecule has 0 aliphatic heterocycles. The summed E-state index contributed by atoms with van der Waals surface area (Å²) in [4.78, 5) is 19.5. The van der Waals surface area contributed by atoms with Crippen LogP contribution in [-0.4, -0.2) is 36.3 Å². The SMILES string of the molecule is CC(C)OCCN(C)c1nc[nH]c(=O)c1N. The Labute approximate surface area is 94.4 Å². The third kappa shape index (κ3) is 3.23. The Morgan fingerprint density at radius 3 is 2.94 bits per heavy atom. The minimum absolute atomic E-state index is 0.134. The van der Waals surface area contributed by atoms with Gasteiger partial charge in [0, 0.05) is 13.6 Å². The number of hydrogen-bond acceptors (Lipinski definition) is 5. The predicted molar refractivity (Wildman–Crippen MR) is 63.6 cm³/mol. The molecule has 0 amide bonds. The molecule has 0 saturated carbocycles. The van der Waals surface area contributed by atoms with E-state index in [9.17, 15) is 4.79 Å². The topological polar surface area (TPSA) is 84.2 Å². The fourth-order valence-corrected chi connectivity index (χ4v) is 1.24. The van der Waals surface area contributed by atoms with Crippen molar-refractivity contribution in [2.45, 2.75) is 20.0 Å². The lowest BCUT2D eigenvalue weighted by molar-refractivity contribution is 0.0845. The van der Waals surface area contributed by atoms with Crippen LogP contribution in [0.4, 0.5) is 11.5 Å². The predicted octanol–water partition coefficient (Wildman–Crippen LogP) is 0.213. The summed E-state index contributed by atoms with van der Waals surface area (Å²) >= 11 is 0. The zero-order chi connectivity index (χ0) is 12.1. The Balaban J connectivity index is 2.62. The number of ether oxygens (including phenoxy) is 1. The summed E-state index contributed by atoms with van der Waals surface area (Å²) in [6.45, 7) is 5.15. The van der Waals surface area contributed by atoms with Crippen molar-refractivity contribution in [1.82, 2.24) is 9.97 Å². The maximum Gasteiger partial charge on any atom is 0.276 e. The van der Waals surface area contributed by atoms with E-state index in [0.29, 0.717) is 19.0 Å². The number of H-pyrrole nitrogens is 1. The third-order valence-electron chi connectivity index (χ3n) is 2.11. The molecule has 0 bridgehead atoms. The number of nitrogens with zero attached hydrogens (tertiary/aromatic N) is 2. The van der Waals surface area contributed by atoms with Gasteiger partial charge in [-0.3, -0.25) is 4.79 Å². The normalized spacial score (nSPS) is 10.8. The number of hydrogen-bond donors (Lipinski definition) is 2. The quantitative estimate of drug-likeness (QED) is 0.750. The highest BCUT2D eigenvalue weighted by Crippen LogP contribution is 2.12. The largest absolute Gasteiger partial charge is 0.391 e. The number of rotatable bonds is 5. The van der Waals surface area contributed by atoms with Gasteiger partial charge in [0.05, 0.1) is 19.0 Å². The van der Waals surface area contributed by atoms with Crippen LogP contribution in [0.15, 0.2) is 11.1 Å². The van der Waals surface area contributed by atoms with E-state index in [4.69, 9.17) is 10.5 Å². The van der Waals surface area contributed by atoms with Gasteiger partial charge in [-0.25, -0.2) is 4.98 Å². The molecule has 0 atom stereocenters. The number of anilines is 2. The van der Waals surface area contributed by atoms with Gasteiger partial charge in [0.25, 0.3) is 5.56 Å². The highest BCUT2D eigenvalue weighted by Gasteiger charge is 2.09. The van der Waals surface area contributed by atoms with E-state index < -0.39 is 0 Å². The molecule has 0 radical (unpaired) electrons. The number of nitrogens with two attached hydrogens (primary N) is 1. The van der Waals surface area contributed by atoms with Crippen LogP contribution in [0.5, 0.6) is 0 Å². The van der Waals surface area contributed by atoms with Crippen LogP contribution in [0.25, 0.3) is 0 Å². The van der Waals surface area contributed by atoms with Gasteiger partial charge in [-0.1, -0.05) is 0 Å². The van der Waals surface area contributed by atoms with Crippen molar-refractivity contribution in [1.29, 1.82) is 0 Å². The summed E-state index contributed by atoms with van der Waals surface area (Å²) in [5.41, 5.74) is 5.44. The van der Waals surface area contributed by atoms with Crippen LogP contribution in [0, 0.1) is 0 Å². The van der Waals surface area contributed by atoms with Gasteiger partial charge in [-0.05, 0) is 13.8 Å². The van der Waals surface area contributed by atoms with E-state index >= 15 is 0 Å². The van der Waals surface area contributed by atoms with Crippen molar-refractivity contribution in [2.75, 3.05) is 30.8 Å². The standard InChI is InChI=1S/C10H18N4O2/c1-7(2)16-5-4-14(3)9-8(11)10(15)13-6-12-9/h6-7H,4-5,11H2,1-3H3,(H,12,13,15). The van der Waals surface area contributed by atoms with Crippen LogP contribution in [0.2, 0.25) is 0 Å². The number of nitrogen functional groups attached to an aromatic ring is 1. The van der Waals surface area contributed by atoms with E-state index in [1.165, 1.54) is 6.33 Å². The highest BCUT2D eigenvalue weighted by atomic mass is 16.5. The van der Waals surface area contributed by atoms with E-state index in [1.54, 1.807) is 4.90 Å². The Bertz CT molecular complexity index is 389. The van der Waals surface area contributed by atoms with E-state index in [-0.39, 0.29) is 17.4 Å². The summed E-state index contributed by atoms with van der Waals surface area (Å²) < 4.78 is 5.41. The lowest BCUT2D eigenvalue weighted by Gasteiger charge is -2.19. The molecule has 1 heterocycles. The molecule has 1 aromatic rings. The molecule has 0 saturated heterocycles. The fourth-order valence-electron chi connectivity index (χ4n) is 1.24. The fraction of sp³-hybridized carbons (Fsp3) is 0.600. The Morgan fingerprint density at radius 1 is 1.62 bits per heavy atom. The highest BCUT2D eigenvalue weighted by molar-refractivity contribution is 5.60. The minimum atomic E-state index is -0.318. The molecular weight excluding hydrogens is 208 g/mol. The van der Waals surface area contributed by atoms with E-state index in [1.807, 2.05) is 20.9 Å². The number of aromatic nitrogens is 2. The zero-order valence-electron chi connectivity index (χ0n) is 9.86. The van der Waals surface area contributed by atoms with Crippen LogP contribution in [-0.2, 0) is 4.74 Å². The molecule has 0 unspecified atom stereocenters. The van der Waals surface area contributed by atoms with Crippen molar-refractivity contribution in [3.8, 4) is 0 Å². The second-order valence-corrected chi connectivity index (χ2v) is 3.81. The van der Waals surface area contributed by atoms with Gasteiger partial charge in [-0.2, -0.15) is 0 Å². The van der Waals surface area contributed by atoms with Crippen LogP contribution >= 0.6 is 0 Å². The first-order valence-electron chi connectivity index (χ1n) is 5.18. The van der Waals surface area contributed by atoms with Crippen molar-refractivity contribution in [2.24, 2.45) is 0 Å². The first kappa shape index (κ1) is 12.5. The molecule has 16 heavy (non-hydrogen) atoms. The number of nitrogens with one attached hydrogen (secondary N) is 1. The molecule has 0 spiro atoms. The molecule has 6 heteroatoms. The Hall–Kier alpha value is -1.56. The maximum absolute atomic E-state index is 11.2. The molecule has 1 rings (SSSR count). The smallest absolute Gasteiger partial charge is 0.276 e. The third-order valence-corrected chi connectivity index (χ3v) is 2.11. The van der Waals surface area contributed by atoms with Gasteiger partial charge in [0.15, 0.2) is 5.82 Å². The summed E-state index contributed by atoms with van der Waals surface area (Å²) in [6.07, 6.45) is 1.53. The first-order chi connectivity index (χ1) is 7.52. The van der Waals surface area contributed by atoms with Gasteiger partial charge >= 0.3 is 0 Å². The van der Waals surface area contributed by atoms with Crippen LogP contribution in [0.3, 0.4) is 0 Å². The van der Waals surface area contributed by atoms with E-state index in [0.717, 1.165) is 0 Å². The van der Waals surface area contributed by atoms with E-state index in [2.05, 4.69) is 9.97 Å². The lowest BCUT2D eigenvalue weighted by atomic mass is 10.4.